The Morgan fingerprint density at radius 3 is 2.78 bits per heavy atom. The van der Waals surface area contributed by atoms with Crippen LogP contribution in [-0.2, 0) is 0 Å². The number of alkyl halides is 1. The minimum absolute atomic E-state index is 0.199. The number of rotatable bonds is 5. The van der Waals surface area contributed by atoms with Crippen molar-refractivity contribution in [3.8, 4) is 5.75 Å². The average Bonchev–Trinajstić information content (AvgIpc) is 2.69. The monoisotopic (exact) mass is 374 g/mol. The predicted octanol–water partition coefficient (Wildman–Crippen LogP) is 3.26. The van der Waals surface area contributed by atoms with Gasteiger partial charge in [-0.3, -0.25) is 14.2 Å². The average molecular weight is 374 g/mol. The zero-order chi connectivity index (χ0) is 19.4. The Labute approximate surface area is 155 Å². The van der Waals surface area contributed by atoms with Gasteiger partial charge in [-0.05, 0) is 43.2 Å². The molecule has 2 unspecified atom stereocenters. The summed E-state index contributed by atoms with van der Waals surface area (Å²) in [5, 5.41) is 2.68. The summed E-state index contributed by atoms with van der Waals surface area (Å²) in [5.74, 6) is -0.552. The Balaban J connectivity index is 1.79. The maximum absolute atomic E-state index is 14.3. The molecule has 0 bridgehead atoms. The quantitative estimate of drug-likeness (QED) is 0.841. The molecule has 1 aliphatic rings. The Hall–Kier alpha value is -3.03. The molecule has 1 aliphatic heterocycles. The fraction of sp³-hybridized carbons (Fsp3) is 0.316. The highest BCUT2D eigenvalue weighted by molar-refractivity contribution is 6.02. The maximum atomic E-state index is 14.3. The van der Waals surface area contributed by atoms with Crippen molar-refractivity contribution in [2.24, 2.45) is 16.6 Å². The second-order valence-electron chi connectivity index (χ2n) is 6.27. The number of ether oxygens (including phenoxy) is 1. The topological polar surface area (TPSA) is 89.6 Å². The molecule has 1 amide bonds. The summed E-state index contributed by atoms with van der Waals surface area (Å²) in [4.78, 5) is 20.6. The Bertz CT molecular complexity index is 855. The van der Waals surface area contributed by atoms with E-state index in [1.165, 1.54) is 37.6 Å². The number of nitrogens with zero attached hydrogens (tertiary/aromatic N) is 2. The van der Waals surface area contributed by atoms with Crippen LogP contribution >= 0.6 is 0 Å². The second kappa shape index (κ2) is 8.11. The van der Waals surface area contributed by atoms with Crippen molar-refractivity contribution in [1.29, 1.82) is 0 Å². The fourth-order valence-corrected chi connectivity index (χ4v) is 2.95. The number of nitrogens with two attached hydrogens (primary N) is 1. The number of halogens is 2. The molecule has 3 N–H and O–H groups in total. The SMILES string of the molecule is COc1ccc(C(=O)Nc2ccc(F)c(C3CCC(CF)C(N)=N3)c2)nc1. The van der Waals surface area contributed by atoms with Gasteiger partial charge in [0.05, 0.1) is 26.0 Å². The lowest BCUT2D eigenvalue weighted by Gasteiger charge is -2.24. The highest BCUT2D eigenvalue weighted by Crippen LogP contribution is 2.33. The van der Waals surface area contributed by atoms with Crippen LogP contribution in [-0.4, -0.2) is 30.5 Å². The van der Waals surface area contributed by atoms with Crippen LogP contribution < -0.4 is 15.8 Å². The number of aromatic nitrogens is 1. The molecule has 0 saturated carbocycles. The molecule has 0 fully saturated rings. The van der Waals surface area contributed by atoms with Crippen LogP contribution in [0.3, 0.4) is 0 Å². The summed E-state index contributed by atoms with van der Waals surface area (Å²) in [7, 11) is 1.51. The van der Waals surface area contributed by atoms with E-state index in [9.17, 15) is 13.6 Å². The Morgan fingerprint density at radius 1 is 1.33 bits per heavy atom. The summed E-state index contributed by atoms with van der Waals surface area (Å²) in [6.07, 6.45) is 2.43. The van der Waals surface area contributed by atoms with Gasteiger partial charge in [0.2, 0.25) is 0 Å². The van der Waals surface area contributed by atoms with Crippen molar-refractivity contribution >= 4 is 17.4 Å². The van der Waals surface area contributed by atoms with E-state index in [4.69, 9.17) is 10.5 Å². The van der Waals surface area contributed by atoms with E-state index in [1.807, 2.05) is 0 Å². The molecule has 2 atom stereocenters. The molecule has 142 valence electrons. The number of hydrogen-bond donors (Lipinski definition) is 2. The molecule has 0 spiro atoms. The summed E-state index contributed by atoms with van der Waals surface area (Å²) < 4.78 is 32.1. The van der Waals surface area contributed by atoms with Crippen LogP contribution in [0.4, 0.5) is 14.5 Å². The zero-order valence-electron chi connectivity index (χ0n) is 14.8. The number of benzene rings is 1. The van der Waals surface area contributed by atoms with Gasteiger partial charge in [-0.25, -0.2) is 9.37 Å². The minimum Gasteiger partial charge on any atom is -0.495 e. The molecule has 1 aromatic carbocycles. The lowest BCUT2D eigenvalue weighted by atomic mass is 9.92. The lowest BCUT2D eigenvalue weighted by Crippen LogP contribution is -2.30. The number of nitrogens with one attached hydrogen (secondary N) is 1. The largest absolute Gasteiger partial charge is 0.495 e. The molecule has 3 rings (SSSR count). The number of hydrogen-bond acceptors (Lipinski definition) is 5. The van der Waals surface area contributed by atoms with Crippen LogP contribution in [0.1, 0.15) is 34.9 Å². The van der Waals surface area contributed by atoms with Gasteiger partial charge in [-0.2, -0.15) is 0 Å². The van der Waals surface area contributed by atoms with E-state index in [-0.39, 0.29) is 11.5 Å². The smallest absolute Gasteiger partial charge is 0.274 e. The predicted molar refractivity (Wildman–Crippen MR) is 98.2 cm³/mol. The standard InChI is InChI=1S/C19H20F2N4O2/c1-27-13-4-7-17(23-10-13)19(26)24-12-3-5-15(21)14(8-12)16-6-2-11(9-20)18(22)25-16/h3-5,7-8,10-11,16H,2,6,9H2,1H3,(H2,22,25)(H,24,26). The number of methoxy groups -OCH3 is 1. The lowest BCUT2D eigenvalue weighted by molar-refractivity contribution is 0.102. The highest BCUT2D eigenvalue weighted by Gasteiger charge is 2.25. The van der Waals surface area contributed by atoms with Crippen molar-refractivity contribution in [2.75, 3.05) is 19.1 Å². The van der Waals surface area contributed by atoms with Gasteiger partial charge in [0, 0.05) is 17.2 Å². The van der Waals surface area contributed by atoms with Gasteiger partial charge < -0.3 is 15.8 Å². The van der Waals surface area contributed by atoms with Crippen molar-refractivity contribution in [3.63, 3.8) is 0 Å². The van der Waals surface area contributed by atoms with Crippen LogP contribution in [0.5, 0.6) is 5.75 Å². The maximum Gasteiger partial charge on any atom is 0.274 e. The molecular formula is C19H20F2N4O2. The first-order valence-corrected chi connectivity index (χ1v) is 8.51. The first-order valence-electron chi connectivity index (χ1n) is 8.51. The van der Waals surface area contributed by atoms with Gasteiger partial charge >= 0.3 is 0 Å². The molecule has 0 radical (unpaired) electrons. The molecule has 0 saturated heterocycles. The number of carbonyl (C=O) groups excluding carboxylic acids is 1. The first kappa shape index (κ1) is 18.8. The molecule has 2 heterocycles. The number of carbonyl (C=O) groups is 1. The Morgan fingerprint density at radius 2 is 2.15 bits per heavy atom. The van der Waals surface area contributed by atoms with E-state index in [2.05, 4.69) is 15.3 Å². The van der Waals surface area contributed by atoms with Crippen LogP contribution in [0.15, 0.2) is 41.5 Å². The van der Waals surface area contributed by atoms with Gasteiger partial charge in [-0.1, -0.05) is 0 Å². The van der Waals surface area contributed by atoms with Crippen molar-refractivity contribution in [3.05, 3.63) is 53.6 Å². The summed E-state index contributed by atoms with van der Waals surface area (Å²) in [6, 6.07) is 6.90. The summed E-state index contributed by atoms with van der Waals surface area (Å²) in [5.41, 5.74) is 6.71. The van der Waals surface area contributed by atoms with Gasteiger partial charge in [0.15, 0.2) is 0 Å². The minimum atomic E-state index is -0.574. The van der Waals surface area contributed by atoms with Crippen molar-refractivity contribution in [2.45, 2.75) is 18.9 Å². The number of amides is 1. The highest BCUT2D eigenvalue weighted by atomic mass is 19.1. The van der Waals surface area contributed by atoms with Gasteiger partial charge in [0.25, 0.3) is 5.91 Å². The molecule has 8 heteroatoms. The van der Waals surface area contributed by atoms with E-state index in [0.717, 1.165) is 0 Å². The van der Waals surface area contributed by atoms with E-state index >= 15 is 0 Å². The van der Waals surface area contributed by atoms with Gasteiger partial charge in [-0.15, -0.1) is 0 Å². The normalized spacial score (nSPS) is 19.3. The second-order valence-corrected chi connectivity index (χ2v) is 6.27. The van der Waals surface area contributed by atoms with Crippen LogP contribution in [0, 0.1) is 11.7 Å². The zero-order valence-corrected chi connectivity index (χ0v) is 14.8. The van der Waals surface area contributed by atoms with Gasteiger partial charge in [0.1, 0.15) is 23.1 Å². The van der Waals surface area contributed by atoms with Crippen molar-refractivity contribution < 1.29 is 18.3 Å². The molecule has 1 aromatic heterocycles. The summed E-state index contributed by atoms with van der Waals surface area (Å²) >= 11 is 0. The summed E-state index contributed by atoms with van der Waals surface area (Å²) in [6.45, 7) is -0.574. The molecule has 6 nitrogen and oxygen atoms in total. The number of aliphatic imine (C=N–C) groups is 1. The van der Waals surface area contributed by atoms with Crippen LogP contribution in [0.2, 0.25) is 0 Å². The first-order chi connectivity index (χ1) is 13.0. The number of anilines is 1. The fourth-order valence-electron chi connectivity index (χ4n) is 2.95. The van der Waals surface area contributed by atoms with E-state index < -0.39 is 30.4 Å². The van der Waals surface area contributed by atoms with E-state index in [1.54, 1.807) is 6.07 Å². The number of amidine groups is 1. The molecule has 2 aromatic rings. The molecular weight excluding hydrogens is 354 g/mol. The molecule has 27 heavy (non-hydrogen) atoms. The third-order valence-corrected chi connectivity index (χ3v) is 4.52. The third-order valence-electron chi connectivity index (χ3n) is 4.52. The number of pyridine rings is 1. The van der Waals surface area contributed by atoms with Crippen molar-refractivity contribution in [1.82, 2.24) is 4.98 Å². The third kappa shape index (κ3) is 4.21. The Kier molecular flexibility index (Phi) is 5.63. The molecule has 0 aliphatic carbocycles. The van der Waals surface area contributed by atoms with Crippen LogP contribution in [0.25, 0.3) is 0 Å². The van der Waals surface area contributed by atoms with E-state index in [0.29, 0.717) is 29.8 Å².